The molecule has 4 N–H and O–H groups in total. The van der Waals surface area contributed by atoms with Crippen LogP contribution in [0.4, 0.5) is 11.4 Å². The third-order valence-corrected chi connectivity index (χ3v) is 2.85. The highest BCUT2D eigenvalue weighted by molar-refractivity contribution is 6.25. The lowest BCUT2D eigenvalue weighted by Gasteiger charge is -2.05. The topological polar surface area (TPSA) is 126 Å². The number of benzene rings is 1. The van der Waals surface area contributed by atoms with Crippen LogP contribution in [0.2, 0.25) is 0 Å². The molecule has 0 aromatic heterocycles. The third kappa shape index (κ3) is 3.08. The van der Waals surface area contributed by atoms with E-state index in [1.807, 2.05) is 0 Å². The minimum Gasteiger partial charge on any atom is -0.478 e. The number of carbonyl (C=O) groups is 2. The molecule has 21 heavy (non-hydrogen) atoms. The molecular formula is C14H12N4O3. The highest BCUT2D eigenvalue weighted by Gasteiger charge is 2.18. The van der Waals surface area contributed by atoms with Gasteiger partial charge in [-0.25, -0.2) is 4.79 Å². The van der Waals surface area contributed by atoms with E-state index in [1.54, 1.807) is 0 Å². The second-order valence-electron chi connectivity index (χ2n) is 4.25. The number of allylic oxidation sites excluding steroid dienone is 2. The van der Waals surface area contributed by atoms with Crippen molar-refractivity contribution in [1.82, 2.24) is 0 Å². The lowest BCUT2D eigenvalue weighted by Crippen LogP contribution is -2.16. The number of nitrogens with zero attached hydrogens (tertiary/aromatic N) is 1. The summed E-state index contributed by atoms with van der Waals surface area (Å²) >= 11 is 0. The number of hydrogen-bond donors (Lipinski definition) is 4. The van der Waals surface area contributed by atoms with Crippen LogP contribution in [0, 0.1) is 10.8 Å². The smallest absolute Gasteiger partial charge is 0.335 e. The molecule has 0 saturated carbocycles. The summed E-state index contributed by atoms with van der Waals surface area (Å²) in [5.74, 6) is -1.45. The van der Waals surface area contributed by atoms with E-state index < -0.39 is 5.97 Å². The Bertz CT molecular complexity index is 704. The maximum absolute atomic E-state index is 11.9. The van der Waals surface area contributed by atoms with Gasteiger partial charge >= 0.3 is 5.97 Å². The summed E-state index contributed by atoms with van der Waals surface area (Å²) in [6.07, 6.45) is 3.36. The van der Waals surface area contributed by atoms with Crippen molar-refractivity contribution in [3.63, 3.8) is 0 Å². The van der Waals surface area contributed by atoms with Gasteiger partial charge in [-0.3, -0.25) is 9.79 Å². The Labute approximate surface area is 120 Å². The summed E-state index contributed by atoms with van der Waals surface area (Å²) in [6.45, 7) is 0. The average Bonchev–Trinajstić information content (AvgIpc) is 2.61. The summed E-state index contributed by atoms with van der Waals surface area (Å²) in [5, 5.41) is 25.9. The number of carbonyl (C=O) groups excluding carboxylic acids is 1. The molecule has 0 aliphatic carbocycles. The first-order valence-corrected chi connectivity index (χ1v) is 6.01. The van der Waals surface area contributed by atoms with Crippen molar-refractivity contribution in [2.45, 2.75) is 6.42 Å². The molecule has 1 aliphatic rings. The number of fused-ring (bicyclic) bond motifs is 1. The maximum Gasteiger partial charge on any atom is 0.335 e. The summed E-state index contributed by atoms with van der Waals surface area (Å²) in [6, 6.07) is 4.23. The van der Waals surface area contributed by atoms with Gasteiger partial charge in [0.1, 0.15) is 0 Å². The Morgan fingerprint density at radius 3 is 2.76 bits per heavy atom. The normalized spacial score (nSPS) is 14.4. The standard InChI is InChI=1S/C14H12N4O3/c15-4-3-9(7-16)11-6-13(19)18-12-5-8(14(20)21)1-2-10(12)17-11/h1-5,7,15-16H,6H2,(H,18,19)(H,20,21)/b9-3+,15-4?,16-7?. The number of nitrogens with one attached hydrogen (secondary N) is 3. The van der Waals surface area contributed by atoms with Crippen molar-refractivity contribution in [2.24, 2.45) is 4.99 Å². The van der Waals surface area contributed by atoms with E-state index in [0.717, 1.165) is 12.4 Å². The molecule has 0 saturated heterocycles. The molecule has 0 spiro atoms. The largest absolute Gasteiger partial charge is 0.478 e. The molecule has 0 unspecified atom stereocenters. The quantitative estimate of drug-likeness (QED) is 0.631. The van der Waals surface area contributed by atoms with Crippen molar-refractivity contribution in [3.8, 4) is 0 Å². The number of rotatable bonds is 4. The first-order chi connectivity index (χ1) is 10.0. The molecule has 7 nitrogen and oxygen atoms in total. The summed E-state index contributed by atoms with van der Waals surface area (Å²) < 4.78 is 0. The Morgan fingerprint density at radius 2 is 2.14 bits per heavy atom. The first kappa shape index (κ1) is 14.3. The van der Waals surface area contributed by atoms with Crippen molar-refractivity contribution in [3.05, 3.63) is 35.4 Å². The van der Waals surface area contributed by atoms with Crippen LogP contribution < -0.4 is 5.32 Å². The summed E-state index contributed by atoms with van der Waals surface area (Å²) in [7, 11) is 0. The van der Waals surface area contributed by atoms with E-state index in [1.165, 1.54) is 24.3 Å². The molecule has 0 atom stereocenters. The highest BCUT2D eigenvalue weighted by atomic mass is 16.4. The Morgan fingerprint density at radius 1 is 1.38 bits per heavy atom. The van der Waals surface area contributed by atoms with E-state index in [9.17, 15) is 9.59 Å². The molecule has 7 heteroatoms. The maximum atomic E-state index is 11.9. The first-order valence-electron chi connectivity index (χ1n) is 6.01. The van der Waals surface area contributed by atoms with Crippen molar-refractivity contribution in [2.75, 3.05) is 5.32 Å². The van der Waals surface area contributed by atoms with Crippen LogP contribution in [-0.2, 0) is 4.79 Å². The van der Waals surface area contributed by atoms with Gasteiger partial charge in [0, 0.05) is 18.0 Å². The minimum absolute atomic E-state index is 0.0495. The van der Waals surface area contributed by atoms with Gasteiger partial charge in [-0.2, -0.15) is 0 Å². The van der Waals surface area contributed by atoms with Crippen LogP contribution in [0.1, 0.15) is 16.8 Å². The zero-order chi connectivity index (χ0) is 15.4. The van der Waals surface area contributed by atoms with Gasteiger partial charge in [-0.05, 0) is 24.3 Å². The molecule has 1 aromatic carbocycles. The molecular weight excluding hydrogens is 272 g/mol. The summed E-state index contributed by atoms with van der Waals surface area (Å²) in [5.41, 5.74) is 1.49. The number of anilines is 1. The van der Waals surface area contributed by atoms with Gasteiger partial charge in [0.25, 0.3) is 0 Å². The van der Waals surface area contributed by atoms with Crippen LogP contribution in [0.25, 0.3) is 0 Å². The molecule has 0 bridgehead atoms. The zero-order valence-corrected chi connectivity index (χ0v) is 10.9. The molecule has 2 rings (SSSR count). The van der Waals surface area contributed by atoms with Gasteiger partial charge in [0.15, 0.2) is 0 Å². The SMILES string of the molecule is N=C/C=C(\C=N)C1=Nc2ccc(C(=O)O)cc2NC(=O)C1. The number of aromatic carboxylic acids is 1. The predicted molar refractivity (Wildman–Crippen MR) is 79.4 cm³/mol. The fourth-order valence-electron chi connectivity index (χ4n) is 1.88. The number of carboxylic acid groups (broad SMARTS) is 1. The molecule has 1 aromatic rings. The Balaban J connectivity index is 2.54. The van der Waals surface area contributed by atoms with Gasteiger partial charge in [-0.1, -0.05) is 0 Å². The average molecular weight is 284 g/mol. The lowest BCUT2D eigenvalue weighted by molar-refractivity contribution is -0.115. The Kier molecular flexibility index (Phi) is 4.03. The Hall–Kier alpha value is -3.09. The molecule has 1 aliphatic heterocycles. The van der Waals surface area contributed by atoms with Crippen LogP contribution in [0.3, 0.4) is 0 Å². The van der Waals surface area contributed by atoms with Gasteiger partial charge < -0.3 is 21.2 Å². The van der Waals surface area contributed by atoms with E-state index in [4.69, 9.17) is 15.9 Å². The highest BCUT2D eigenvalue weighted by Crippen LogP contribution is 2.29. The van der Waals surface area contributed by atoms with E-state index in [2.05, 4.69) is 10.3 Å². The van der Waals surface area contributed by atoms with E-state index >= 15 is 0 Å². The third-order valence-electron chi connectivity index (χ3n) is 2.85. The second-order valence-corrected chi connectivity index (χ2v) is 4.25. The van der Waals surface area contributed by atoms with Crippen LogP contribution in [-0.4, -0.2) is 35.1 Å². The van der Waals surface area contributed by atoms with E-state index in [-0.39, 0.29) is 17.9 Å². The van der Waals surface area contributed by atoms with Crippen LogP contribution in [0.15, 0.2) is 34.8 Å². The number of carboxylic acids is 1. The predicted octanol–water partition coefficient (Wildman–Crippen LogP) is 2.03. The fourth-order valence-corrected chi connectivity index (χ4v) is 1.88. The van der Waals surface area contributed by atoms with Gasteiger partial charge in [0.05, 0.1) is 29.1 Å². The number of aliphatic imine (C=N–C) groups is 1. The fraction of sp³-hybridized carbons (Fsp3) is 0.0714. The van der Waals surface area contributed by atoms with Crippen molar-refractivity contribution >= 4 is 41.4 Å². The van der Waals surface area contributed by atoms with Gasteiger partial charge in [-0.15, -0.1) is 0 Å². The molecule has 0 fully saturated rings. The lowest BCUT2D eigenvalue weighted by atomic mass is 10.1. The molecule has 106 valence electrons. The number of hydrogen-bond acceptors (Lipinski definition) is 5. The van der Waals surface area contributed by atoms with Crippen molar-refractivity contribution in [1.29, 1.82) is 10.8 Å². The summed E-state index contributed by atoms with van der Waals surface area (Å²) in [4.78, 5) is 27.1. The minimum atomic E-state index is -1.09. The molecule has 1 heterocycles. The van der Waals surface area contributed by atoms with Crippen molar-refractivity contribution < 1.29 is 14.7 Å². The van der Waals surface area contributed by atoms with E-state index in [0.29, 0.717) is 22.7 Å². The van der Waals surface area contributed by atoms with Crippen LogP contribution in [0.5, 0.6) is 0 Å². The second kappa shape index (κ2) is 5.91. The monoisotopic (exact) mass is 284 g/mol. The van der Waals surface area contributed by atoms with Crippen LogP contribution >= 0.6 is 0 Å². The van der Waals surface area contributed by atoms with Gasteiger partial charge in [0.2, 0.25) is 5.91 Å². The zero-order valence-electron chi connectivity index (χ0n) is 10.9. The number of amides is 1. The molecule has 1 amide bonds. The molecule has 0 radical (unpaired) electrons.